The molecule has 1 heterocycles. The number of amides is 1. The monoisotopic (exact) mass is 299 g/mol. The standard InChI is InChI=1S/C12H17N3O4S/c13-10-2-1-3-11(8-10)19-6-7-20(17,18)15-5-4-14-12(16)9-15/h1-3,8H,4-7,9,13H2,(H,14,16). The van der Waals surface area contributed by atoms with Crippen molar-refractivity contribution in [3.63, 3.8) is 0 Å². The highest BCUT2D eigenvalue weighted by molar-refractivity contribution is 7.89. The highest BCUT2D eigenvalue weighted by Gasteiger charge is 2.27. The Morgan fingerprint density at radius 1 is 1.40 bits per heavy atom. The van der Waals surface area contributed by atoms with Crippen LogP contribution in [0.15, 0.2) is 24.3 Å². The summed E-state index contributed by atoms with van der Waals surface area (Å²) in [5, 5.41) is 2.58. The van der Waals surface area contributed by atoms with Crippen LogP contribution in [0, 0.1) is 0 Å². The zero-order chi connectivity index (χ0) is 14.6. The number of nitrogens with one attached hydrogen (secondary N) is 1. The van der Waals surface area contributed by atoms with Crippen molar-refractivity contribution in [3.05, 3.63) is 24.3 Å². The first kappa shape index (κ1) is 14.6. The summed E-state index contributed by atoms with van der Waals surface area (Å²) in [6.07, 6.45) is 0. The van der Waals surface area contributed by atoms with Gasteiger partial charge in [-0.2, -0.15) is 4.31 Å². The fraction of sp³-hybridized carbons (Fsp3) is 0.417. The number of piperazine rings is 1. The number of nitrogens with zero attached hydrogens (tertiary/aromatic N) is 1. The van der Waals surface area contributed by atoms with Gasteiger partial charge in [0.1, 0.15) is 12.4 Å². The number of carbonyl (C=O) groups is 1. The van der Waals surface area contributed by atoms with Crippen molar-refractivity contribution in [2.24, 2.45) is 0 Å². The van der Waals surface area contributed by atoms with Gasteiger partial charge in [0.2, 0.25) is 15.9 Å². The van der Waals surface area contributed by atoms with Crippen LogP contribution in [-0.4, -0.2) is 50.6 Å². The molecule has 1 saturated heterocycles. The number of benzene rings is 1. The number of hydrogen-bond acceptors (Lipinski definition) is 5. The first-order valence-electron chi connectivity index (χ1n) is 6.20. The zero-order valence-corrected chi connectivity index (χ0v) is 11.7. The number of carbonyl (C=O) groups excluding carboxylic acids is 1. The largest absolute Gasteiger partial charge is 0.492 e. The Kier molecular flexibility index (Phi) is 4.46. The molecule has 1 aliphatic rings. The second-order valence-electron chi connectivity index (χ2n) is 4.42. The van der Waals surface area contributed by atoms with Gasteiger partial charge >= 0.3 is 0 Å². The SMILES string of the molecule is Nc1cccc(OCCS(=O)(=O)N2CCNC(=O)C2)c1. The van der Waals surface area contributed by atoms with Crippen LogP contribution in [0.25, 0.3) is 0 Å². The minimum absolute atomic E-state index is 0.0178. The molecule has 8 heteroatoms. The van der Waals surface area contributed by atoms with Crippen LogP contribution >= 0.6 is 0 Å². The number of hydrogen-bond donors (Lipinski definition) is 2. The van der Waals surface area contributed by atoms with Gasteiger partial charge in [0.05, 0.1) is 12.3 Å². The van der Waals surface area contributed by atoms with E-state index in [-0.39, 0.29) is 24.8 Å². The molecule has 0 radical (unpaired) electrons. The smallest absolute Gasteiger partial charge is 0.235 e. The number of anilines is 1. The Morgan fingerprint density at radius 2 is 2.20 bits per heavy atom. The average molecular weight is 299 g/mol. The van der Waals surface area contributed by atoms with Crippen LogP contribution in [0.2, 0.25) is 0 Å². The summed E-state index contributed by atoms with van der Waals surface area (Å²) in [5.41, 5.74) is 6.15. The van der Waals surface area contributed by atoms with Crippen LogP contribution in [0.4, 0.5) is 5.69 Å². The lowest BCUT2D eigenvalue weighted by Crippen LogP contribution is -2.50. The van der Waals surface area contributed by atoms with E-state index in [1.165, 1.54) is 4.31 Å². The maximum absolute atomic E-state index is 12.0. The molecule has 0 unspecified atom stereocenters. The second kappa shape index (κ2) is 6.10. The van der Waals surface area contributed by atoms with E-state index in [9.17, 15) is 13.2 Å². The summed E-state index contributed by atoms with van der Waals surface area (Å²) in [5.74, 6) is 0.0721. The van der Waals surface area contributed by atoms with Crippen molar-refractivity contribution in [1.82, 2.24) is 9.62 Å². The highest BCUT2D eigenvalue weighted by Crippen LogP contribution is 2.14. The van der Waals surface area contributed by atoms with Gasteiger partial charge < -0.3 is 15.8 Å². The molecular weight excluding hydrogens is 282 g/mol. The summed E-state index contributed by atoms with van der Waals surface area (Å²) in [6.45, 7) is 0.533. The van der Waals surface area contributed by atoms with Gasteiger partial charge in [0.15, 0.2) is 0 Å². The van der Waals surface area contributed by atoms with Crippen LogP contribution in [0.3, 0.4) is 0 Å². The fourth-order valence-corrected chi connectivity index (χ4v) is 3.09. The molecule has 1 amide bonds. The van der Waals surface area contributed by atoms with Crippen LogP contribution in [0.5, 0.6) is 5.75 Å². The topological polar surface area (TPSA) is 102 Å². The summed E-state index contributed by atoms with van der Waals surface area (Å²) < 4.78 is 30.6. The van der Waals surface area contributed by atoms with Crippen molar-refractivity contribution in [2.45, 2.75) is 0 Å². The Hall–Kier alpha value is -1.80. The van der Waals surface area contributed by atoms with Crippen molar-refractivity contribution < 1.29 is 17.9 Å². The van der Waals surface area contributed by atoms with Gasteiger partial charge in [-0.3, -0.25) is 4.79 Å². The first-order chi connectivity index (χ1) is 9.47. The van der Waals surface area contributed by atoms with Crippen molar-refractivity contribution >= 4 is 21.6 Å². The fourth-order valence-electron chi connectivity index (χ4n) is 1.85. The molecule has 3 N–H and O–H groups in total. The molecule has 110 valence electrons. The number of rotatable bonds is 5. The van der Waals surface area contributed by atoms with Crippen molar-refractivity contribution in [1.29, 1.82) is 0 Å². The quantitative estimate of drug-likeness (QED) is 0.708. The first-order valence-corrected chi connectivity index (χ1v) is 7.81. The minimum atomic E-state index is -3.48. The van der Waals surface area contributed by atoms with Gasteiger partial charge in [0, 0.05) is 24.8 Å². The van der Waals surface area contributed by atoms with Gasteiger partial charge in [-0.05, 0) is 12.1 Å². The lowest BCUT2D eigenvalue weighted by molar-refractivity contribution is -0.122. The molecule has 1 fully saturated rings. The van der Waals surface area contributed by atoms with Gasteiger partial charge in [-0.15, -0.1) is 0 Å². The predicted molar refractivity (Wildman–Crippen MR) is 74.7 cm³/mol. The molecule has 0 atom stereocenters. The molecule has 0 saturated carbocycles. The molecule has 0 bridgehead atoms. The molecule has 1 aromatic carbocycles. The molecule has 7 nitrogen and oxygen atoms in total. The number of nitrogens with two attached hydrogens (primary N) is 1. The van der Waals surface area contributed by atoms with Crippen LogP contribution in [0.1, 0.15) is 0 Å². The summed E-state index contributed by atoms with van der Waals surface area (Å²) in [4.78, 5) is 11.2. The maximum atomic E-state index is 12.0. The van der Waals surface area contributed by atoms with E-state index < -0.39 is 10.0 Å². The Morgan fingerprint density at radius 3 is 2.90 bits per heavy atom. The predicted octanol–water partition coefficient (Wildman–Crippen LogP) is -0.591. The maximum Gasteiger partial charge on any atom is 0.235 e. The van der Waals surface area contributed by atoms with E-state index in [2.05, 4.69) is 5.32 Å². The Labute approximate surface area is 117 Å². The van der Waals surface area contributed by atoms with E-state index in [0.717, 1.165) is 0 Å². The van der Waals surface area contributed by atoms with E-state index in [1.54, 1.807) is 24.3 Å². The van der Waals surface area contributed by atoms with Crippen molar-refractivity contribution in [2.75, 3.05) is 37.7 Å². The molecule has 0 aromatic heterocycles. The molecule has 1 aromatic rings. The third kappa shape index (κ3) is 3.84. The minimum Gasteiger partial charge on any atom is -0.492 e. The van der Waals surface area contributed by atoms with E-state index >= 15 is 0 Å². The Balaban J connectivity index is 1.87. The molecule has 2 rings (SSSR count). The van der Waals surface area contributed by atoms with Gasteiger partial charge in [0.25, 0.3) is 0 Å². The van der Waals surface area contributed by atoms with Crippen LogP contribution in [-0.2, 0) is 14.8 Å². The van der Waals surface area contributed by atoms with Crippen molar-refractivity contribution in [3.8, 4) is 5.75 Å². The molecule has 20 heavy (non-hydrogen) atoms. The lowest BCUT2D eigenvalue weighted by atomic mass is 10.3. The van der Waals surface area contributed by atoms with E-state index in [0.29, 0.717) is 24.5 Å². The van der Waals surface area contributed by atoms with E-state index in [4.69, 9.17) is 10.5 Å². The van der Waals surface area contributed by atoms with Gasteiger partial charge in [-0.25, -0.2) is 8.42 Å². The summed E-state index contributed by atoms with van der Waals surface area (Å²) >= 11 is 0. The lowest BCUT2D eigenvalue weighted by Gasteiger charge is -2.25. The second-order valence-corrected chi connectivity index (χ2v) is 6.51. The third-order valence-corrected chi connectivity index (χ3v) is 4.65. The molecule has 1 aliphatic heterocycles. The molecular formula is C12H17N3O4S. The van der Waals surface area contributed by atoms with Gasteiger partial charge in [-0.1, -0.05) is 6.07 Å². The molecule has 0 aliphatic carbocycles. The van der Waals surface area contributed by atoms with Crippen LogP contribution < -0.4 is 15.8 Å². The molecule has 0 spiro atoms. The highest BCUT2D eigenvalue weighted by atomic mass is 32.2. The number of nitrogen functional groups attached to an aromatic ring is 1. The average Bonchev–Trinajstić information content (AvgIpc) is 2.38. The Bertz CT molecular complexity index is 588. The zero-order valence-electron chi connectivity index (χ0n) is 10.9. The summed E-state index contributed by atoms with van der Waals surface area (Å²) in [7, 11) is -3.48. The van der Waals surface area contributed by atoms with E-state index in [1.807, 2.05) is 0 Å². The number of ether oxygens (including phenoxy) is 1. The normalized spacial score (nSPS) is 16.7. The third-order valence-electron chi connectivity index (χ3n) is 2.86. The number of sulfonamides is 1. The summed E-state index contributed by atoms with van der Waals surface area (Å²) in [6, 6.07) is 6.78.